The third-order valence-corrected chi connectivity index (χ3v) is 7.97. The molecular weight excluding hydrogens is 540 g/mol. The first-order valence-corrected chi connectivity index (χ1v) is 14.2. The summed E-state index contributed by atoms with van der Waals surface area (Å²) in [5.41, 5.74) is -0.0887. The lowest BCUT2D eigenvalue weighted by molar-refractivity contribution is -0.140. The number of hydrogen-bond acceptors (Lipinski definition) is 9. The smallest absolute Gasteiger partial charge is 0.402 e. The van der Waals surface area contributed by atoms with E-state index in [1.807, 2.05) is 26.0 Å². The van der Waals surface area contributed by atoms with Crippen LogP contribution in [0.4, 0.5) is 29.4 Å². The molecule has 5 rings (SSSR count). The van der Waals surface area contributed by atoms with Crippen molar-refractivity contribution in [3.63, 3.8) is 0 Å². The van der Waals surface area contributed by atoms with Crippen molar-refractivity contribution < 1.29 is 22.0 Å². The van der Waals surface area contributed by atoms with E-state index in [4.69, 9.17) is 4.42 Å². The summed E-state index contributed by atoms with van der Waals surface area (Å²) in [5, 5.41) is 10.4. The summed E-state index contributed by atoms with van der Waals surface area (Å²) < 4.78 is 61.5. The van der Waals surface area contributed by atoms with Crippen molar-refractivity contribution in [3.8, 4) is 11.6 Å². The first-order valence-electron chi connectivity index (χ1n) is 14.2. The lowest BCUT2D eigenvalue weighted by Crippen LogP contribution is -2.61. The number of rotatable bonds is 8. The van der Waals surface area contributed by atoms with E-state index in [0.29, 0.717) is 25.7 Å². The van der Waals surface area contributed by atoms with Gasteiger partial charge in [0.1, 0.15) is 11.5 Å². The van der Waals surface area contributed by atoms with Gasteiger partial charge < -0.3 is 14.6 Å². The summed E-state index contributed by atoms with van der Waals surface area (Å²) >= 11 is 0. The third-order valence-electron chi connectivity index (χ3n) is 7.97. The lowest BCUT2D eigenvalue weighted by atomic mass is 9.96. The van der Waals surface area contributed by atoms with Gasteiger partial charge in [0.15, 0.2) is 11.5 Å². The van der Waals surface area contributed by atoms with Crippen molar-refractivity contribution in [1.29, 1.82) is 0 Å². The number of likely N-dealkylation sites (tertiary alicyclic amines) is 1. The highest BCUT2D eigenvalue weighted by molar-refractivity contribution is 5.54. The molecule has 2 aliphatic heterocycles. The maximum absolute atomic E-state index is 14.3. The minimum Gasteiger partial charge on any atom is -0.402 e. The van der Waals surface area contributed by atoms with Crippen molar-refractivity contribution in [2.45, 2.75) is 70.9 Å². The summed E-state index contributed by atoms with van der Waals surface area (Å²) in [6.07, 6.45) is -0.678. The molecule has 3 aromatic rings. The number of piperazine rings is 1. The molecule has 0 aliphatic carbocycles. The van der Waals surface area contributed by atoms with E-state index in [1.165, 1.54) is 18.3 Å². The second kappa shape index (κ2) is 12.3. The standard InChI is InChI=1S/C28H36F4N8O/c1-4-21-17-39(25-24(28(30,31)32)35-23(14-34-25)26-36-37-27(41-26)33-5-2)18(3)15-40(21)22-10-12-38(13-11-22)16-19-6-8-20(29)9-7-19/h6-9,14,18,21-22H,4-5,10-13,15-17H2,1-3H3,(H,33,37)/t18-,21+/m1/s1. The first kappa shape index (κ1) is 29.2. The monoisotopic (exact) mass is 576 g/mol. The highest BCUT2D eigenvalue weighted by Crippen LogP contribution is 2.38. The van der Waals surface area contributed by atoms with Crippen LogP contribution in [-0.4, -0.2) is 80.8 Å². The van der Waals surface area contributed by atoms with Crippen LogP contribution >= 0.6 is 0 Å². The maximum Gasteiger partial charge on any atom is 0.437 e. The maximum atomic E-state index is 14.3. The number of alkyl halides is 3. The molecule has 1 N–H and O–H groups in total. The van der Waals surface area contributed by atoms with Crippen molar-refractivity contribution in [2.24, 2.45) is 0 Å². The molecule has 0 amide bonds. The second-order valence-electron chi connectivity index (χ2n) is 10.8. The highest BCUT2D eigenvalue weighted by atomic mass is 19.4. The number of anilines is 2. The topological polar surface area (TPSA) is 86.5 Å². The van der Waals surface area contributed by atoms with Crippen molar-refractivity contribution in [1.82, 2.24) is 30.0 Å². The molecule has 0 unspecified atom stereocenters. The molecule has 1 aromatic carbocycles. The molecule has 4 heterocycles. The molecular formula is C28H36F4N8O. The van der Waals surface area contributed by atoms with E-state index < -0.39 is 11.9 Å². The van der Waals surface area contributed by atoms with E-state index in [0.717, 1.165) is 44.5 Å². The van der Waals surface area contributed by atoms with Crippen LogP contribution in [0.2, 0.25) is 0 Å². The molecule has 2 aromatic heterocycles. The summed E-state index contributed by atoms with van der Waals surface area (Å²) in [7, 11) is 0. The molecule has 0 radical (unpaired) electrons. The molecule has 13 heteroatoms. The summed E-state index contributed by atoms with van der Waals surface area (Å²) in [4.78, 5) is 14.8. The Hall–Kier alpha value is -3.32. The Morgan fingerprint density at radius 3 is 2.44 bits per heavy atom. The molecule has 0 bridgehead atoms. The zero-order chi connectivity index (χ0) is 29.1. The van der Waals surface area contributed by atoms with Gasteiger partial charge in [-0.1, -0.05) is 24.2 Å². The molecule has 41 heavy (non-hydrogen) atoms. The van der Waals surface area contributed by atoms with Gasteiger partial charge in [0, 0.05) is 44.3 Å². The molecule has 0 saturated carbocycles. The van der Waals surface area contributed by atoms with Gasteiger partial charge in [-0.2, -0.15) is 13.2 Å². The first-order chi connectivity index (χ1) is 19.7. The average Bonchev–Trinajstić information content (AvgIpc) is 3.43. The predicted molar refractivity (Wildman–Crippen MR) is 147 cm³/mol. The average molecular weight is 577 g/mol. The number of nitrogens with zero attached hydrogens (tertiary/aromatic N) is 7. The summed E-state index contributed by atoms with van der Waals surface area (Å²) in [6.45, 7) is 10.1. The van der Waals surface area contributed by atoms with Gasteiger partial charge >= 0.3 is 12.2 Å². The largest absolute Gasteiger partial charge is 0.437 e. The van der Waals surface area contributed by atoms with E-state index in [1.54, 1.807) is 4.90 Å². The van der Waals surface area contributed by atoms with Crippen molar-refractivity contribution >= 4 is 11.8 Å². The van der Waals surface area contributed by atoms with Crippen LogP contribution in [0.25, 0.3) is 11.6 Å². The molecule has 2 atom stereocenters. The van der Waals surface area contributed by atoms with Crippen LogP contribution < -0.4 is 10.2 Å². The minimum absolute atomic E-state index is 0.0843. The molecule has 2 saturated heterocycles. The van der Waals surface area contributed by atoms with E-state index in [2.05, 4.69) is 42.2 Å². The number of piperidine rings is 1. The van der Waals surface area contributed by atoms with Crippen molar-refractivity contribution in [3.05, 3.63) is 47.5 Å². The number of hydrogen-bond donors (Lipinski definition) is 1. The van der Waals surface area contributed by atoms with E-state index in [9.17, 15) is 17.6 Å². The van der Waals surface area contributed by atoms with Gasteiger partial charge in [0.05, 0.1) is 6.20 Å². The van der Waals surface area contributed by atoms with Crippen LogP contribution in [0.5, 0.6) is 0 Å². The predicted octanol–water partition coefficient (Wildman–Crippen LogP) is 5.07. The quantitative estimate of drug-likeness (QED) is 0.370. The fourth-order valence-corrected chi connectivity index (χ4v) is 5.86. The molecule has 0 spiro atoms. The Balaban J connectivity index is 1.29. The number of nitrogens with one attached hydrogen (secondary N) is 1. The Kier molecular flexibility index (Phi) is 8.74. The Bertz CT molecular complexity index is 1290. The molecule has 2 fully saturated rings. The van der Waals surface area contributed by atoms with Crippen LogP contribution in [0.15, 0.2) is 34.9 Å². The number of aromatic nitrogens is 4. The van der Waals surface area contributed by atoms with Gasteiger partial charge in [-0.15, -0.1) is 5.10 Å². The van der Waals surface area contributed by atoms with Crippen LogP contribution in [0.3, 0.4) is 0 Å². The van der Waals surface area contributed by atoms with E-state index >= 15 is 0 Å². The fourth-order valence-electron chi connectivity index (χ4n) is 5.86. The summed E-state index contributed by atoms with van der Waals surface area (Å²) in [5.74, 6) is -0.533. The summed E-state index contributed by atoms with van der Waals surface area (Å²) in [6, 6.07) is 6.98. The zero-order valence-corrected chi connectivity index (χ0v) is 23.5. The fraction of sp³-hybridized carbons (Fsp3) is 0.571. The van der Waals surface area contributed by atoms with Crippen LogP contribution in [-0.2, 0) is 12.7 Å². The van der Waals surface area contributed by atoms with Gasteiger partial charge in [0.25, 0.3) is 5.89 Å². The Labute approximate surface area is 237 Å². The van der Waals surface area contributed by atoms with Crippen molar-refractivity contribution in [2.75, 3.05) is 42.9 Å². The van der Waals surface area contributed by atoms with E-state index in [-0.39, 0.29) is 41.3 Å². The van der Waals surface area contributed by atoms with Gasteiger partial charge in [-0.05, 0) is 63.9 Å². The van der Waals surface area contributed by atoms with Gasteiger partial charge in [0.2, 0.25) is 0 Å². The highest BCUT2D eigenvalue weighted by Gasteiger charge is 2.43. The van der Waals surface area contributed by atoms with Crippen LogP contribution in [0, 0.1) is 5.82 Å². The normalized spacial score (nSPS) is 21.4. The molecule has 9 nitrogen and oxygen atoms in total. The zero-order valence-electron chi connectivity index (χ0n) is 23.5. The molecule has 2 aliphatic rings. The third kappa shape index (κ3) is 6.61. The minimum atomic E-state index is -4.71. The number of halogens is 4. The Morgan fingerprint density at radius 2 is 1.78 bits per heavy atom. The van der Waals surface area contributed by atoms with Gasteiger partial charge in [-0.25, -0.2) is 14.4 Å². The Morgan fingerprint density at radius 1 is 1.05 bits per heavy atom. The van der Waals surface area contributed by atoms with Crippen LogP contribution in [0.1, 0.15) is 51.3 Å². The lowest BCUT2D eigenvalue weighted by Gasteiger charge is -2.50. The van der Waals surface area contributed by atoms with Gasteiger partial charge in [-0.3, -0.25) is 9.80 Å². The second-order valence-corrected chi connectivity index (χ2v) is 10.8. The SMILES string of the molecule is CCNc1nnc(-c2cnc(N3C[C@H](CC)N(C4CCN(Cc5ccc(F)cc5)CC4)C[C@H]3C)c(C(F)(F)F)n2)o1. The molecule has 222 valence electrons. The number of benzene rings is 1.